The summed E-state index contributed by atoms with van der Waals surface area (Å²) in [6.07, 6.45) is 2.17. The number of hydrogen-bond acceptors (Lipinski definition) is 6. The Balaban J connectivity index is 1.32. The predicted octanol–water partition coefficient (Wildman–Crippen LogP) is 2.73. The van der Waals surface area contributed by atoms with Crippen molar-refractivity contribution in [1.82, 2.24) is 10.2 Å². The van der Waals surface area contributed by atoms with Crippen LogP contribution in [0.2, 0.25) is 5.02 Å². The zero-order valence-electron chi connectivity index (χ0n) is 17.2. The normalized spacial score (nSPS) is 21.0. The second kappa shape index (κ2) is 8.29. The van der Waals surface area contributed by atoms with E-state index in [1.165, 1.54) is 0 Å². The van der Waals surface area contributed by atoms with Crippen LogP contribution in [-0.2, 0) is 21.4 Å². The molecule has 3 heterocycles. The minimum atomic E-state index is -3.74. The Bertz CT molecular complexity index is 1210. The summed E-state index contributed by atoms with van der Waals surface area (Å²) in [4.78, 5) is 15.0. The maximum atomic E-state index is 13.0. The van der Waals surface area contributed by atoms with Gasteiger partial charge in [0.05, 0.1) is 18.2 Å². The Morgan fingerprint density at radius 2 is 2.00 bits per heavy atom. The molecule has 5 rings (SSSR count). The number of benzene rings is 2. The molecule has 1 fully saturated rings. The number of amidine groups is 1. The van der Waals surface area contributed by atoms with E-state index in [-0.39, 0.29) is 17.3 Å². The van der Waals surface area contributed by atoms with Crippen molar-refractivity contribution in [2.45, 2.75) is 36.7 Å². The number of carbonyl (C=O) groups excluding carboxylic acids is 1. The third-order valence-electron chi connectivity index (χ3n) is 5.77. The highest BCUT2D eigenvalue weighted by Crippen LogP contribution is 2.38. The number of nitrogens with zero attached hydrogens (tertiary/aromatic N) is 2. The maximum Gasteiger partial charge on any atom is 0.285 e. The summed E-state index contributed by atoms with van der Waals surface area (Å²) in [5, 5.41) is 3.39. The highest BCUT2D eigenvalue weighted by atomic mass is 35.5. The molecule has 0 aromatic heterocycles. The number of rotatable bonds is 3. The molecule has 8 nitrogen and oxygen atoms in total. The molecule has 3 aliphatic heterocycles. The van der Waals surface area contributed by atoms with Gasteiger partial charge < -0.3 is 19.7 Å². The monoisotopic (exact) mass is 475 g/mol. The number of nitrogens with one attached hydrogen (secondary N) is 1. The highest BCUT2D eigenvalue weighted by molar-refractivity contribution is 7.90. The second-order valence-corrected chi connectivity index (χ2v) is 9.89. The summed E-state index contributed by atoms with van der Waals surface area (Å²) in [6, 6.07) is 9.80. The lowest BCUT2D eigenvalue weighted by Gasteiger charge is -2.25. The van der Waals surface area contributed by atoms with Crippen LogP contribution in [0.15, 0.2) is 45.7 Å². The molecule has 0 bridgehead atoms. The third kappa shape index (κ3) is 3.80. The van der Waals surface area contributed by atoms with Crippen molar-refractivity contribution in [3.63, 3.8) is 0 Å². The predicted molar refractivity (Wildman–Crippen MR) is 119 cm³/mol. The molecule has 1 amide bonds. The van der Waals surface area contributed by atoms with Gasteiger partial charge in [0, 0.05) is 25.1 Å². The number of halogens is 1. The van der Waals surface area contributed by atoms with Gasteiger partial charge in [0.15, 0.2) is 17.3 Å². The van der Waals surface area contributed by atoms with Gasteiger partial charge in [-0.25, -0.2) is 0 Å². The molecule has 1 N–H and O–H groups in total. The number of likely N-dealkylation sites (tertiary alicyclic amines) is 1. The quantitative estimate of drug-likeness (QED) is 0.733. The summed E-state index contributed by atoms with van der Waals surface area (Å²) >= 11 is 6.35. The van der Waals surface area contributed by atoms with Crippen LogP contribution in [0.1, 0.15) is 30.4 Å². The van der Waals surface area contributed by atoms with Crippen LogP contribution in [0.3, 0.4) is 0 Å². The van der Waals surface area contributed by atoms with E-state index in [9.17, 15) is 13.2 Å². The number of fused-ring (bicyclic) bond motifs is 2. The molecule has 1 atom stereocenters. The average Bonchev–Trinajstić information content (AvgIpc) is 3.27. The van der Waals surface area contributed by atoms with Crippen molar-refractivity contribution in [3.8, 4) is 11.5 Å². The maximum absolute atomic E-state index is 13.0. The van der Waals surface area contributed by atoms with E-state index < -0.39 is 16.1 Å². The standard InChI is InChI=1S/C22H22ClN3O5S/c23-16-11-14(12-18-20(16)31-10-4-9-30-18)13-24-22(27)17-6-3-8-26(17)21-15-5-1-2-7-19(15)32(28,29)25-21/h1-2,5,7,11-12,17H,3-4,6,8-10,13H2,(H,24,27)/t17-/m0/s1. The first kappa shape index (κ1) is 21.1. The van der Waals surface area contributed by atoms with Crippen LogP contribution < -0.4 is 14.8 Å². The van der Waals surface area contributed by atoms with Gasteiger partial charge in [0.25, 0.3) is 10.0 Å². The molecule has 2 aromatic carbocycles. The minimum Gasteiger partial charge on any atom is -0.489 e. The van der Waals surface area contributed by atoms with Crippen LogP contribution in [0.5, 0.6) is 11.5 Å². The Morgan fingerprint density at radius 1 is 1.19 bits per heavy atom. The van der Waals surface area contributed by atoms with E-state index in [1.54, 1.807) is 35.2 Å². The van der Waals surface area contributed by atoms with E-state index in [1.807, 2.05) is 6.07 Å². The first-order valence-electron chi connectivity index (χ1n) is 10.5. The molecule has 3 aliphatic rings. The zero-order valence-corrected chi connectivity index (χ0v) is 18.8. The molecule has 32 heavy (non-hydrogen) atoms. The van der Waals surface area contributed by atoms with Gasteiger partial charge in [-0.15, -0.1) is 4.40 Å². The van der Waals surface area contributed by atoms with Gasteiger partial charge in [-0.1, -0.05) is 23.7 Å². The van der Waals surface area contributed by atoms with Crippen LogP contribution in [0, 0.1) is 0 Å². The smallest absolute Gasteiger partial charge is 0.285 e. The van der Waals surface area contributed by atoms with Gasteiger partial charge in [-0.05, 0) is 42.7 Å². The number of carbonyl (C=O) groups is 1. The molecule has 0 saturated carbocycles. The van der Waals surface area contributed by atoms with Crippen LogP contribution >= 0.6 is 11.6 Å². The van der Waals surface area contributed by atoms with Crippen molar-refractivity contribution in [2.75, 3.05) is 19.8 Å². The molecule has 1 saturated heterocycles. The van der Waals surface area contributed by atoms with Crippen LogP contribution in [-0.4, -0.2) is 50.9 Å². The van der Waals surface area contributed by atoms with E-state index in [0.29, 0.717) is 54.1 Å². The second-order valence-electron chi connectivity index (χ2n) is 7.91. The highest BCUT2D eigenvalue weighted by Gasteiger charge is 2.39. The largest absolute Gasteiger partial charge is 0.489 e. The fourth-order valence-electron chi connectivity index (χ4n) is 4.28. The lowest BCUT2D eigenvalue weighted by atomic mass is 10.1. The Kier molecular flexibility index (Phi) is 5.46. The minimum absolute atomic E-state index is 0.183. The molecule has 0 spiro atoms. The Labute approximate surface area is 191 Å². The zero-order chi connectivity index (χ0) is 22.3. The molecular formula is C22H22ClN3O5S. The van der Waals surface area contributed by atoms with Gasteiger partial charge in [0.2, 0.25) is 5.91 Å². The van der Waals surface area contributed by atoms with Crippen molar-refractivity contribution in [3.05, 3.63) is 52.5 Å². The average molecular weight is 476 g/mol. The Hall–Kier alpha value is -2.78. The molecule has 2 aromatic rings. The first-order chi connectivity index (χ1) is 15.4. The summed E-state index contributed by atoms with van der Waals surface area (Å²) < 4.78 is 40.2. The molecule has 0 aliphatic carbocycles. The molecule has 0 unspecified atom stereocenters. The van der Waals surface area contributed by atoms with E-state index in [0.717, 1.165) is 18.4 Å². The van der Waals surface area contributed by atoms with Gasteiger partial charge in [-0.2, -0.15) is 8.42 Å². The third-order valence-corrected chi connectivity index (χ3v) is 7.37. The van der Waals surface area contributed by atoms with Crippen molar-refractivity contribution in [2.24, 2.45) is 4.40 Å². The molecule has 168 valence electrons. The Morgan fingerprint density at radius 3 is 2.88 bits per heavy atom. The van der Waals surface area contributed by atoms with Crippen molar-refractivity contribution in [1.29, 1.82) is 0 Å². The molecule has 10 heteroatoms. The lowest BCUT2D eigenvalue weighted by molar-refractivity contribution is -0.124. The number of ether oxygens (including phenoxy) is 2. The van der Waals surface area contributed by atoms with Gasteiger partial charge >= 0.3 is 0 Å². The summed E-state index contributed by atoms with van der Waals surface area (Å²) in [5.74, 6) is 1.26. The number of hydrogen-bond donors (Lipinski definition) is 1. The van der Waals surface area contributed by atoms with Gasteiger partial charge in [-0.3, -0.25) is 4.79 Å². The summed E-state index contributed by atoms with van der Waals surface area (Å²) in [5.41, 5.74) is 1.34. The van der Waals surface area contributed by atoms with E-state index in [2.05, 4.69) is 9.71 Å². The first-order valence-corrected chi connectivity index (χ1v) is 12.3. The van der Waals surface area contributed by atoms with Crippen molar-refractivity contribution >= 4 is 33.4 Å². The SMILES string of the molecule is O=C(NCc1cc(Cl)c2c(c1)OCCCO2)[C@@H]1CCCN1C1=NS(=O)(=O)c2ccccc21. The number of sulfonamides is 1. The van der Waals surface area contributed by atoms with E-state index >= 15 is 0 Å². The summed E-state index contributed by atoms with van der Waals surface area (Å²) in [6.45, 7) is 1.92. The fourth-order valence-corrected chi connectivity index (χ4v) is 5.79. The van der Waals surface area contributed by atoms with Crippen LogP contribution in [0.4, 0.5) is 0 Å². The van der Waals surface area contributed by atoms with Crippen molar-refractivity contribution < 1.29 is 22.7 Å². The number of amides is 1. The van der Waals surface area contributed by atoms with Crippen LogP contribution in [0.25, 0.3) is 0 Å². The topological polar surface area (TPSA) is 97.3 Å². The lowest BCUT2D eigenvalue weighted by Crippen LogP contribution is -2.45. The fraction of sp³-hybridized carbons (Fsp3) is 0.364. The van der Waals surface area contributed by atoms with E-state index in [4.69, 9.17) is 21.1 Å². The molecule has 0 radical (unpaired) electrons. The summed E-state index contributed by atoms with van der Waals surface area (Å²) in [7, 11) is -3.74. The van der Waals surface area contributed by atoms with Gasteiger partial charge in [0.1, 0.15) is 10.9 Å². The molecular weight excluding hydrogens is 454 g/mol.